The van der Waals surface area contributed by atoms with Gasteiger partial charge in [-0.1, -0.05) is 42.5 Å². The van der Waals surface area contributed by atoms with E-state index < -0.39 is 15.8 Å². The van der Waals surface area contributed by atoms with Gasteiger partial charge in [-0.15, -0.1) is 0 Å². The third-order valence-electron chi connectivity index (χ3n) is 6.34. The molecule has 0 spiro atoms. The first-order chi connectivity index (χ1) is 16.8. The third kappa shape index (κ3) is 6.46. The van der Waals surface area contributed by atoms with E-state index in [9.17, 15) is 17.6 Å². The van der Waals surface area contributed by atoms with E-state index in [0.29, 0.717) is 0 Å². The molecule has 1 aliphatic rings. The number of nitrogens with one attached hydrogen (secondary N) is 2. The van der Waals surface area contributed by atoms with Gasteiger partial charge in [-0.05, 0) is 67.6 Å². The fraction of sp³-hybridized carbons (Fsp3) is 0.296. The van der Waals surface area contributed by atoms with Crippen molar-refractivity contribution in [2.75, 3.05) is 24.4 Å². The number of anilines is 1. The molecule has 0 aliphatic carbocycles. The Bertz CT molecular complexity index is 1270. The van der Waals surface area contributed by atoms with Gasteiger partial charge in [0.05, 0.1) is 16.1 Å². The highest BCUT2D eigenvalue weighted by molar-refractivity contribution is 7.92. The van der Waals surface area contributed by atoms with E-state index in [0.717, 1.165) is 45.0 Å². The number of rotatable bonds is 8. The van der Waals surface area contributed by atoms with Gasteiger partial charge in [-0.3, -0.25) is 9.52 Å². The molecule has 1 aliphatic heterocycles. The fourth-order valence-corrected chi connectivity index (χ4v) is 5.42. The van der Waals surface area contributed by atoms with Gasteiger partial charge in [0, 0.05) is 25.7 Å². The van der Waals surface area contributed by atoms with Gasteiger partial charge in [-0.2, -0.15) is 0 Å². The van der Waals surface area contributed by atoms with Crippen LogP contribution in [-0.4, -0.2) is 44.9 Å². The Morgan fingerprint density at radius 2 is 1.69 bits per heavy atom. The highest BCUT2D eigenvalue weighted by Crippen LogP contribution is 2.22. The highest BCUT2D eigenvalue weighted by atomic mass is 32.2. The van der Waals surface area contributed by atoms with Crippen LogP contribution in [0.15, 0.2) is 77.7 Å². The summed E-state index contributed by atoms with van der Waals surface area (Å²) in [4.78, 5) is 15.4. The number of carbonyl (C=O) groups excluding carboxylic acids is 1. The van der Waals surface area contributed by atoms with Gasteiger partial charge in [0.2, 0.25) is 0 Å². The van der Waals surface area contributed by atoms with E-state index in [1.165, 1.54) is 24.6 Å². The van der Waals surface area contributed by atoms with Crippen LogP contribution in [0.4, 0.5) is 10.1 Å². The van der Waals surface area contributed by atoms with Crippen LogP contribution in [-0.2, 0) is 16.4 Å². The van der Waals surface area contributed by atoms with Crippen molar-refractivity contribution in [2.45, 2.75) is 37.1 Å². The molecule has 1 fully saturated rings. The van der Waals surface area contributed by atoms with Crippen molar-refractivity contribution >= 4 is 21.6 Å². The molecule has 184 valence electrons. The number of carbonyl (C=O) groups is 1. The minimum atomic E-state index is -3.98. The molecule has 0 radical (unpaired) electrons. The van der Waals surface area contributed by atoms with Crippen LogP contribution in [0.2, 0.25) is 0 Å². The minimum absolute atomic E-state index is 0.0277. The highest BCUT2D eigenvalue weighted by Gasteiger charge is 2.23. The molecular formula is C27H30FN3O3S. The van der Waals surface area contributed by atoms with E-state index in [4.69, 9.17) is 0 Å². The Kier molecular flexibility index (Phi) is 7.83. The van der Waals surface area contributed by atoms with Gasteiger partial charge in [0.15, 0.2) is 0 Å². The molecule has 1 amide bonds. The van der Waals surface area contributed by atoms with Crippen molar-refractivity contribution in [3.8, 4) is 0 Å². The largest absolute Gasteiger partial charge is 0.349 e. The molecule has 1 heterocycles. The quantitative estimate of drug-likeness (QED) is 0.486. The molecule has 2 N–H and O–H groups in total. The van der Waals surface area contributed by atoms with Crippen LogP contribution < -0.4 is 10.0 Å². The average molecular weight is 496 g/mol. The zero-order valence-corrected chi connectivity index (χ0v) is 20.5. The van der Waals surface area contributed by atoms with E-state index in [-0.39, 0.29) is 33.7 Å². The molecule has 1 saturated heterocycles. The summed E-state index contributed by atoms with van der Waals surface area (Å²) in [5.41, 5.74) is 1.99. The predicted molar refractivity (Wildman–Crippen MR) is 135 cm³/mol. The lowest BCUT2D eigenvalue weighted by atomic mass is 10.0. The molecule has 3 aromatic rings. The van der Waals surface area contributed by atoms with E-state index >= 15 is 0 Å². The first kappa shape index (κ1) is 24.9. The van der Waals surface area contributed by atoms with Crippen molar-refractivity contribution in [1.29, 1.82) is 0 Å². The molecule has 0 atom stereocenters. The molecule has 0 aromatic heterocycles. The number of benzene rings is 3. The maximum absolute atomic E-state index is 13.6. The number of hydrogen-bond acceptors (Lipinski definition) is 4. The van der Waals surface area contributed by atoms with Crippen molar-refractivity contribution in [1.82, 2.24) is 10.2 Å². The van der Waals surface area contributed by atoms with Crippen LogP contribution in [0.3, 0.4) is 0 Å². The van der Waals surface area contributed by atoms with Crippen molar-refractivity contribution in [3.05, 3.63) is 95.3 Å². The molecule has 6 nitrogen and oxygen atoms in total. The topological polar surface area (TPSA) is 78.5 Å². The standard InChI is InChI=1S/C27H30FN3O3S/c1-20-19-23(11-12-25(20)28)35(33,34)30-26-10-6-5-9-24(26)27(32)29-22-14-17-31(18-15-22)16-13-21-7-3-2-4-8-21/h2-12,19,22,30H,13-18H2,1H3,(H,29,32). The molecule has 0 saturated carbocycles. The lowest BCUT2D eigenvalue weighted by Gasteiger charge is -2.32. The van der Waals surface area contributed by atoms with Gasteiger partial charge < -0.3 is 10.2 Å². The number of nitrogens with zero attached hydrogens (tertiary/aromatic N) is 1. The Morgan fingerprint density at radius 1 is 1.00 bits per heavy atom. The number of sulfonamides is 1. The number of piperidine rings is 1. The summed E-state index contributed by atoms with van der Waals surface area (Å²) in [6.07, 6.45) is 2.67. The molecule has 35 heavy (non-hydrogen) atoms. The number of halogens is 1. The van der Waals surface area contributed by atoms with Gasteiger partial charge in [-0.25, -0.2) is 12.8 Å². The van der Waals surface area contributed by atoms with Crippen LogP contribution in [0.5, 0.6) is 0 Å². The maximum atomic E-state index is 13.6. The van der Waals surface area contributed by atoms with Crippen LogP contribution in [0.1, 0.15) is 34.3 Å². The summed E-state index contributed by atoms with van der Waals surface area (Å²) >= 11 is 0. The first-order valence-electron chi connectivity index (χ1n) is 11.8. The van der Waals surface area contributed by atoms with Crippen LogP contribution >= 0.6 is 0 Å². The van der Waals surface area contributed by atoms with Crippen molar-refractivity contribution in [3.63, 3.8) is 0 Å². The van der Waals surface area contributed by atoms with E-state index in [2.05, 4.69) is 39.2 Å². The Hall–Kier alpha value is -3.23. The minimum Gasteiger partial charge on any atom is -0.349 e. The van der Waals surface area contributed by atoms with E-state index in [1.54, 1.807) is 24.3 Å². The van der Waals surface area contributed by atoms with Gasteiger partial charge in [0.25, 0.3) is 15.9 Å². The second kappa shape index (κ2) is 11.0. The molecule has 0 bridgehead atoms. The third-order valence-corrected chi connectivity index (χ3v) is 7.70. The summed E-state index contributed by atoms with van der Waals surface area (Å²) in [7, 11) is -3.98. The Morgan fingerprint density at radius 3 is 2.40 bits per heavy atom. The lowest BCUT2D eigenvalue weighted by Crippen LogP contribution is -2.45. The van der Waals surface area contributed by atoms with Crippen molar-refractivity contribution in [2.24, 2.45) is 0 Å². The monoisotopic (exact) mass is 495 g/mol. The van der Waals surface area contributed by atoms with Crippen LogP contribution in [0, 0.1) is 12.7 Å². The SMILES string of the molecule is Cc1cc(S(=O)(=O)Nc2ccccc2C(=O)NC2CCN(CCc3ccccc3)CC2)ccc1F. The normalized spacial score (nSPS) is 15.0. The molecular weight excluding hydrogens is 465 g/mol. The second-order valence-electron chi connectivity index (χ2n) is 8.89. The van der Waals surface area contributed by atoms with Gasteiger partial charge in [0.1, 0.15) is 5.82 Å². The summed E-state index contributed by atoms with van der Waals surface area (Å²) in [6.45, 7) is 4.28. The second-order valence-corrected chi connectivity index (χ2v) is 10.6. The predicted octanol–water partition coefficient (Wildman–Crippen LogP) is 4.37. The van der Waals surface area contributed by atoms with Crippen LogP contribution in [0.25, 0.3) is 0 Å². The summed E-state index contributed by atoms with van der Waals surface area (Å²) in [6, 6.07) is 20.5. The Balaban J connectivity index is 1.35. The smallest absolute Gasteiger partial charge is 0.261 e. The number of hydrogen-bond donors (Lipinski definition) is 2. The number of likely N-dealkylation sites (tertiary alicyclic amines) is 1. The molecule has 4 rings (SSSR count). The summed E-state index contributed by atoms with van der Waals surface area (Å²) in [5, 5.41) is 3.06. The van der Waals surface area contributed by atoms with Crippen molar-refractivity contribution < 1.29 is 17.6 Å². The van der Waals surface area contributed by atoms with Gasteiger partial charge >= 0.3 is 0 Å². The molecule has 0 unspecified atom stereocenters. The number of aryl methyl sites for hydroxylation is 1. The summed E-state index contributed by atoms with van der Waals surface area (Å²) in [5.74, 6) is -0.795. The molecule has 8 heteroatoms. The summed E-state index contributed by atoms with van der Waals surface area (Å²) < 4.78 is 41.8. The number of amides is 1. The Labute approximate surface area is 206 Å². The lowest BCUT2D eigenvalue weighted by molar-refractivity contribution is 0.0912. The van der Waals surface area contributed by atoms with E-state index in [1.807, 2.05) is 6.07 Å². The fourth-order valence-electron chi connectivity index (χ4n) is 4.25. The number of para-hydroxylation sites is 1. The zero-order chi connectivity index (χ0) is 24.8. The average Bonchev–Trinajstić information content (AvgIpc) is 2.86. The first-order valence-corrected chi connectivity index (χ1v) is 13.3. The maximum Gasteiger partial charge on any atom is 0.261 e. The molecule has 3 aromatic carbocycles. The zero-order valence-electron chi connectivity index (χ0n) is 19.7.